The first kappa shape index (κ1) is 18.7. The molecule has 0 saturated heterocycles. The fraction of sp³-hybridized carbons (Fsp3) is 0.0435. The molecule has 0 bridgehead atoms. The van der Waals surface area contributed by atoms with E-state index in [1.165, 1.54) is 0 Å². The molecule has 0 aliphatic carbocycles. The molecule has 0 amide bonds. The molecule has 138 valence electrons. The van der Waals surface area contributed by atoms with E-state index in [-0.39, 0.29) is 0 Å². The van der Waals surface area contributed by atoms with Gasteiger partial charge in [0.2, 0.25) is 11.8 Å². The third kappa shape index (κ3) is 4.58. The summed E-state index contributed by atoms with van der Waals surface area (Å²) in [5.74, 6) is 1.07. The molecule has 0 N–H and O–H groups in total. The average molecular weight is 452 g/mol. The minimum Gasteiger partial charge on any atom is -0.421 e. The number of benzene rings is 3. The van der Waals surface area contributed by atoms with Crippen LogP contribution in [-0.4, -0.2) is 10.2 Å². The van der Waals surface area contributed by atoms with Crippen molar-refractivity contribution in [2.75, 3.05) is 0 Å². The Bertz CT molecular complexity index is 1100. The second kappa shape index (κ2) is 8.55. The molecular formula is C23H16BrClN2O. The minimum absolute atomic E-state index is 0.484. The molecule has 0 spiro atoms. The largest absolute Gasteiger partial charge is 0.421 e. The molecule has 28 heavy (non-hydrogen) atoms. The lowest BCUT2D eigenvalue weighted by Gasteiger charge is -2.06. The first-order valence-corrected chi connectivity index (χ1v) is 9.94. The third-order valence-electron chi connectivity index (χ3n) is 4.27. The van der Waals surface area contributed by atoms with Gasteiger partial charge in [0, 0.05) is 15.6 Å². The van der Waals surface area contributed by atoms with Crippen molar-refractivity contribution in [1.29, 1.82) is 0 Å². The summed E-state index contributed by atoms with van der Waals surface area (Å²) in [7, 11) is 0. The standard InChI is InChI=1S/C23H16BrClN2O/c24-19-10-5-16(6-11-19)15-23-27-26-22(28-23)14-9-17-3-1-2-4-21(17)18-7-12-20(25)13-8-18/h1-14H,15H2/b14-9+. The SMILES string of the molecule is Clc1ccc(-c2ccccc2/C=C/c2nnc(Cc3ccc(Br)cc3)o2)cc1. The Hall–Kier alpha value is -2.69. The van der Waals surface area contributed by atoms with E-state index in [2.05, 4.69) is 38.3 Å². The molecule has 0 radical (unpaired) electrons. The van der Waals surface area contributed by atoms with Crippen LogP contribution in [0.15, 0.2) is 81.7 Å². The van der Waals surface area contributed by atoms with Gasteiger partial charge in [-0.15, -0.1) is 10.2 Å². The summed E-state index contributed by atoms with van der Waals surface area (Å²) >= 11 is 9.44. The van der Waals surface area contributed by atoms with Crippen molar-refractivity contribution >= 4 is 39.7 Å². The van der Waals surface area contributed by atoms with Crippen LogP contribution in [0.25, 0.3) is 23.3 Å². The molecule has 0 aliphatic rings. The Morgan fingerprint density at radius 3 is 2.39 bits per heavy atom. The molecule has 0 saturated carbocycles. The van der Waals surface area contributed by atoms with Gasteiger partial charge in [-0.3, -0.25) is 0 Å². The van der Waals surface area contributed by atoms with E-state index in [1.54, 1.807) is 0 Å². The highest BCUT2D eigenvalue weighted by molar-refractivity contribution is 9.10. The first-order chi connectivity index (χ1) is 13.7. The van der Waals surface area contributed by atoms with Gasteiger partial charge in [-0.25, -0.2) is 0 Å². The summed E-state index contributed by atoms with van der Waals surface area (Å²) in [4.78, 5) is 0. The summed E-state index contributed by atoms with van der Waals surface area (Å²) in [6.07, 6.45) is 4.43. The highest BCUT2D eigenvalue weighted by Crippen LogP contribution is 2.26. The van der Waals surface area contributed by atoms with E-state index < -0.39 is 0 Å². The molecule has 0 atom stereocenters. The monoisotopic (exact) mass is 450 g/mol. The smallest absolute Gasteiger partial charge is 0.240 e. The van der Waals surface area contributed by atoms with Crippen molar-refractivity contribution in [3.05, 3.63) is 105 Å². The van der Waals surface area contributed by atoms with Crippen molar-refractivity contribution < 1.29 is 4.42 Å². The van der Waals surface area contributed by atoms with Gasteiger partial charge in [-0.1, -0.05) is 76.1 Å². The van der Waals surface area contributed by atoms with E-state index in [4.69, 9.17) is 16.0 Å². The highest BCUT2D eigenvalue weighted by Gasteiger charge is 2.06. The van der Waals surface area contributed by atoms with Crippen molar-refractivity contribution in [2.45, 2.75) is 6.42 Å². The zero-order chi connectivity index (χ0) is 19.3. The average Bonchev–Trinajstić information content (AvgIpc) is 3.16. The van der Waals surface area contributed by atoms with Gasteiger partial charge in [-0.05, 0) is 52.6 Å². The molecule has 5 heteroatoms. The first-order valence-electron chi connectivity index (χ1n) is 8.77. The molecule has 3 nitrogen and oxygen atoms in total. The van der Waals surface area contributed by atoms with Crippen LogP contribution in [0.1, 0.15) is 22.9 Å². The van der Waals surface area contributed by atoms with Gasteiger partial charge in [0.1, 0.15) is 0 Å². The van der Waals surface area contributed by atoms with Crippen LogP contribution in [-0.2, 0) is 6.42 Å². The maximum atomic E-state index is 6.00. The Kier molecular flexibility index (Phi) is 5.70. The fourth-order valence-corrected chi connectivity index (χ4v) is 3.27. The summed E-state index contributed by atoms with van der Waals surface area (Å²) in [6.45, 7) is 0. The number of aromatic nitrogens is 2. The topological polar surface area (TPSA) is 38.9 Å². The van der Waals surface area contributed by atoms with Crippen LogP contribution in [0.5, 0.6) is 0 Å². The molecule has 3 aromatic carbocycles. The number of halogens is 2. The second-order valence-corrected chi connectivity index (χ2v) is 7.62. The van der Waals surface area contributed by atoms with E-state index in [0.717, 1.165) is 31.7 Å². The van der Waals surface area contributed by atoms with Crippen LogP contribution in [0, 0.1) is 0 Å². The number of rotatable bonds is 5. The lowest BCUT2D eigenvalue weighted by Crippen LogP contribution is -1.87. The van der Waals surface area contributed by atoms with E-state index in [0.29, 0.717) is 18.2 Å². The molecule has 1 aromatic heterocycles. The molecule has 4 aromatic rings. The zero-order valence-electron chi connectivity index (χ0n) is 14.8. The van der Waals surface area contributed by atoms with Crippen LogP contribution >= 0.6 is 27.5 Å². The van der Waals surface area contributed by atoms with Gasteiger partial charge in [-0.2, -0.15) is 0 Å². The molecule has 0 fully saturated rings. The Labute approximate surface area is 176 Å². The van der Waals surface area contributed by atoms with Gasteiger partial charge in [0.15, 0.2) is 0 Å². The van der Waals surface area contributed by atoms with Gasteiger partial charge in [0.25, 0.3) is 0 Å². The maximum Gasteiger partial charge on any atom is 0.240 e. The Morgan fingerprint density at radius 2 is 1.61 bits per heavy atom. The number of hydrogen-bond donors (Lipinski definition) is 0. The highest BCUT2D eigenvalue weighted by atomic mass is 79.9. The lowest BCUT2D eigenvalue weighted by atomic mass is 9.99. The molecule has 4 rings (SSSR count). The van der Waals surface area contributed by atoms with E-state index >= 15 is 0 Å². The summed E-state index contributed by atoms with van der Waals surface area (Å²) in [5.41, 5.74) is 4.41. The van der Waals surface area contributed by atoms with Crippen LogP contribution < -0.4 is 0 Å². The van der Waals surface area contributed by atoms with Gasteiger partial charge in [0.05, 0.1) is 6.42 Å². The minimum atomic E-state index is 0.484. The van der Waals surface area contributed by atoms with Crippen LogP contribution in [0.3, 0.4) is 0 Å². The van der Waals surface area contributed by atoms with Crippen LogP contribution in [0.4, 0.5) is 0 Å². The number of hydrogen-bond acceptors (Lipinski definition) is 3. The van der Waals surface area contributed by atoms with Crippen LogP contribution in [0.2, 0.25) is 5.02 Å². The van der Waals surface area contributed by atoms with Gasteiger partial charge < -0.3 is 4.42 Å². The second-order valence-electron chi connectivity index (χ2n) is 6.26. The Morgan fingerprint density at radius 1 is 0.857 bits per heavy atom. The van der Waals surface area contributed by atoms with Crippen molar-refractivity contribution in [1.82, 2.24) is 10.2 Å². The predicted molar refractivity (Wildman–Crippen MR) is 117 cm³/mol. The summed E-state index contributed by atoms with van der Waals surface area (Å²) in [5, 5.41) is 8.99. The fourth-order valence-electron chi connectivity index (χ4n) is 2.88. The molecule has 1 heterocycles. The number of nitrogens with zero attached hydrogens (tertiary/aromatic N) is 2. The summed E-state index contributed by atoms with van der Waals surface area (Å²) < 4.78 is 6.81. The molecule has 0 unspecified atom stereocenters. The van der Waals surface area contributed by atoms with Gasteiger partial charge >= 0.3 is 0 Å². The van der Waals surface area contributed by atoms with Crippen molar-refractivity contribution in [3.63, 3.8) is 0 Å². The van der Waals surface area contributed by atoms with Crippen molar-refractivity contribution in [2.24, 2.45) is 0 Å². The molecular weight excluding hydrogens is 436 g/mol. The zero-order valence-corrected chi connectivity index (χ0v) is 17.2. The quantitative estimate of drug-likeness (QED) is 0.331. The van der Waals surface area contributed by atoms with E-state index in [1.807, 2.05) is 72.8 Å². The predicted octanol–water partition coefficient (Wildman–Crippen LogP) is 6.91. The third-order valence-corrected chi connectivity index (χ3v) is 5.05. The summed E-state index contributed by atoms with van der Waals surface area (Å²) in [6, 6.07) is 24.0. The maximum absolute atomic E-state index is 6.00. The Balaban J connectivity index is 1.53. The normalized spacial score (nSPS) is 11.2. The molecule has 0 aliphatic heterocycles. The van der Waals surface area contributed by atoms with E-state index in [9.17, 15) is 0 Å². The lowest BCUT2D eigenvalue weighted by molar-refractivity contribution is 0.496. The van der Waals surface area contributed by atoms with Crippen molar-refractivity contribution in [3.8, 4) is 11.1 Å².